The largest absolute Gasteiger partial charge is 0.442 e. The van der Waals surface area contributed by atoms with Gasteiger partial charge in [-0.1, -0.05) is 60.7 Å². The Hall–Kier alpha value is -4.86. The SMILES string of the molecule is CC(OC(=O)NCc1ccccc1-c1ccccc1OC(=O)NCCc1ccccn1)c1ccc(C(F)(F)F)cc1. The molecule has 7 nitrogen and oxygen atoms in total. The average Bonchev–Trinajstić information content (AvgIpc) is 2.97. The zero-order valence-electron chi connectivity index (χ0n) is 22.2. The third kappa shape index (κ3) is 8.31. The molecule has 10 heteroatoms. The van der Waals surface area contributed by atoms with Crippen molar-refractivity contribution in [3.05, 3.63) is 120 Å². The number of hydrogen-bond donors (Lipinski definition) is 2. The molecular weight excluding hydrogens is 535 g/mol. The number of halogens is 3. The van der Waals surface area contributed by atoms with Crippen LogP contribution in [0.5, 0.6) is 5.75 Å². The van der Waals surface area contributed by atoms with Gasteiger partial charge < -0.3 is 20.1 Å². The van der Waals surface area contributed by atoms with Crippen LogP contribution >= 0.6 is 0 Å². The van der Waals surface area contributed by atoms with Crippen LogP contribution in [0.2, 0.25) is 0 Å². The number of carbonyl (C=O) groups excluding carboxylic acids is 2. The molecule has 1 heterocycles. The molecule has 4 aromatic rings. The number of para-hydroxylation sites is 1. The van der Waals surface area contributed by atoms with Crippen LogP contribution in [0, 0.1) is 0 Å². The van der Waals surface area contributed by atoms with Crippen LogP contribution in [0.4, 0.5) is 22.8 Å². The number of rotatable bonds is 9. The molecule has 2 amide bonds. The summed E-state index contributed by atoms with van der Waals surface area (Å²) >= 11 is 0. The highest BCUT2D eigenvalue weighted by molar-refractivity contribution is 5.79. The molecular formula is C31H28F3N3O4. The molecule has 0 aliphatic carbocycles. The number of amides is 2. The van der Waals surface area contributed by atoms with Gasteiger partial charge in [0.25, 0.3) is 0 Å². The molecule has 1 atom stereocenters. The first-order valence-corrected chi connectivity index (χ1v) is 12.9. The fourth-order valence-electron chi connectivity index (χ4n) is 4.07. The van der Waals surface area contributed by atoms with Gasteiger partial charge in [0, 0.05) is 37.0 Å². The van der Waals surface area contributed by atoms with Gasteiger partial charge in [0.15, 0.2) is 0 Å². The second-order valence-electron chi connectivity index (χ2n) is 9.06. The summed E-state index contributed by atoms with van der Waals surface area (Å²) in [7, 11) is 0. The number of benzene rings is 3. The number of carbonyl (C=O) groups is 2. The molecule has 0 saturated carbocycles. The van der Waals surface area contributed by atoms with Crippen molar-refractivity contribution in [1.82, 2.24) is 15.6 Å². The first-order valence-electron chi connectivity index (χ1n) is 12.9. The lowest BCUT2D eigenvalue weighted by Crippen LogP contribution is -2.29. The van der Waals surface area contributed by atoms with Crippen LogP contribution in [-0.4, -0.2) is 23.7 Å². The van der Waals surface area contributed by atoms with E-state index < -0.39 is 30.0 Å². The molecule has 0 aliphatic heterocycles. The number of aromatic nitrogens is 1. The molecule has 0 radical (unpaired) electrons. The van der Waals surface area contributed by atoms with E-state index in [1.165, 1.54) is 12.1 Å². The summed E-state index contributed by atoms with van der Waals surface area (Å²) in [6.45, 7) is 2.02. The van der Waals surface area contributed by atoms with Gasteiger partial charge in [0.05, 0.1) is 5.56 Å². The van der Waals surface area contributed by atoms with E-state index in [9.17, 15) is 22.8 Å². The van der Waals surface area contributed by atoms with Gasteiger partial charge >= 0.3 is 18.4 Å². The molecule has 1 aromatic heterocycles. The van der Waals surface area contributed by atoms with Gasteiger partial charge in [-0.25, -0.2) is 9.59 Å². The molecule has 2 N–H and O–H groups in total. The monoisotopic (exact) mass is 563 g/mol. The molecule has 0 spiro atoms. The molecule has 3 aromatic carbocycles. The minimum absolute atomic E-state index is 0.0966. The number of hydrogen-bond acceptors (Lipinski definition) is 5. The third-order valence-corrected chi connectivity index (χ3v) is 6.19. The smallest absolute Gasteiger partial charge is 0.416 e. The fraction of sp³-hybridized carbons (Fsp3) is 0.194. The number of nitrogens with zero attached hydrogens (tertiary/aromatic N) is 1. The van der Waals surface area contributed by atoms with Crippen LogP contribution in [-0.2, 0) is 23.9 Å². The molecule has 4 rings (SSSR count). The Morgan fingerprint density at radius 1 is 0.829 bits per heavy atom. The van der Waals surface area contributed by atoms with Crippen molar-refractivity contribution in [1.29, 1.82) is 0 Å². The quantitative estimate of drug-likeness (QED) is 0.227. The number of nitrogens with one attached hydrogen (secondary N) is 2. The number of pyridine rings is 1. The Balaban J connectivity index is 1.36. The van der Waals surface area contributed by atoms with E-state index in [1.807, 2.05) is 48.5 Å². The first-order chi connectivity index (χ1) is 19.7. The van der Waals surface area contributed by atoms with Gasteiger partial charge in [-0.3, -0.25) is 4.98 Å². The van der Waals surface area contributed by atoms with Gasteiger partial charge in [-0.15, -0.1) is 0 Å². The van der Waals surface area contributed by atoms with Crippen molar-refractivity contribution in [3.63, 3.8) is 0 Å². The standard InChI is InChI=1S/C31H28F3N3O4/c1-21(22-13-15-24(16-14-22)31(32,33)34)40-30(39)37-20-23-8-2-3-10-26(23)27-11-4-5-12-28(27)41-29(38)36-19-17-25-9-6-7-18-35-25/h2-16,18,21H,17,19-20H2,1H3,(H,36,38)(H,37,39). The first kappa shape index (κ1) is 29.1. The number of ether oxygens (including phenoxy) is 2. The molecule has 0 bridgehead atoms. The summed E-state index contributed by atoms with van der Waals surface area (Å²) in [6.07, 6.45) is -4.30. The highest BCUT2D eigenvalue weighted by Gasteiger charge is 2.30. The Morgan fingerprint density at radius 2 is 1.51 bits per heavy atom. The van der Waals surface area contributed by atoms with E-state index in [1.54, 1.807) is 31.3 Å². The summed E-state index contributed by atoms with van der Waals surface area (Å²) in [5, 5.41) is 5.41. The number of alkyl carbamates (subject to hydrolysis) is 1. The molecule has 41 heavy (non-hydrogen) atoms. The maximum atomic E-state index is 12.8. The average molecular weight is 564 g/mol. The highest BCUT2D eigenvalue weighted by atomic mass is 19.4. The summed E-state index contributed by atoms with van der Waals surface area (Å²) < 4.78 is 49.4. The summed E-state index contributed by atoms with van der Waals surface area (Å²) in [5.74, 6) is 0.341. The fourth-order valence-corrected chi connectivity index (χ4v) is 4.07. The Morgan fingerprint density at radius 3 is 2.22 bits per heavy atom. The Bertz CT molecular complexity index is 1460. The van der Waals surface area contributed by atoms with Gasteiger partial charge in [0.2, 0.25) is 0 Å². The van der Waals surface area contributed by atoms with Gasteiger partial charge in [-0.05, 0) is 53.9 Å². The van der Waals surface area contributed by atoms with Crippen molar-refractivity contribution in [2.45, 2.75) is 32.2 Å². The second kappa shape index (κ2) is 13.5. The van der Waals surface area contributed by atoms with E-state index in [0.29, 0.717) is 29.8 Å². The van der Waals surface area contributed by atoms with E-state index in [2.05, 4.69) is 15.6 Å². The second-order valence-corrected chi connectivity index (χ2v) is 9.06. The van der Waals surface area contributed by atoms with Crippen LogP contribution in [0.25, 0.3) is 11.1 Å². The van der Waals surface area contributed by atoms with Crippen molar-refractivity contribution in [2.75, 3.05) is 6.54 Å². The van der Waals surface area contributed by atoms with E-state index in [0.717, 1.165) is 29.0 Å². The zero-order valence-corrected chi connectivity index (χ0v) is 22.2. The van der Waals surface area contributed by atoms with E-state index in [-0.39, 0.29) is 6.54 Å². The van der Waals surface area contributed by atoms with E-state index >= 15 is 0 Å². The van der Waals surface area contributed by atoms with Crippen molar-refractivity contribution in [2.24, 2.45) is 0 Å². The van der Waals surface area contributed by atoms with Crippen molar-refractivity contribution < 1.29 is 32.2 Å². The molecule has 0 saturated heterocycles. The van der Waals surface area contributed by atoms with Crippen LogP contribution in [0.3, 0.4) is 0 Å². The predicted molar refractivity (Wildman–Crippen MR) is 147 cm³/mol. The Labute approximate surface area is 235 Å². The molecule has 0 fully saturated rings. The molecule has 212 valence electrons. The predicted octanol–water partition coefficient (Wildman–Crippen LogP) is 7.09. The van der Waals surface area contributed by atoms with E-state index in [4.69, 9.17) is 9.47 Å². The third-order valence-electron chi connectivity index (χ3n) is 6.19. The van der Waals surface area contributed by atoms with Crippen LogP contribution in [0.15, 0.2) is 97.2 Å². The maximum Gasteiger partial charge on any atom is 0.416 e. The summed E-state index contributed by atoms with van der Waals surface area (Å²) in [6, 6.07) is 24.4. The summed E-state index contributed by atoms with van der Waals surface area (Å²) in [5.41, 5.74) is 2.62. The van der Waals surface area contributed by atoms with Crippen LogP contribution in [0.1, 0.15) is 35.4 Å². The molecule has 1 unspecified atom stereocenters. The molecule has 0 aliphatic rings. The summed E-state index contributed by atoms with van der Waals surface area (Å²) in [4.78, 5) is 29.2. The minimum Gasteiger partial charge on any atom is -0.442 e. The van der Waals surface area contributed by atoms with Crippen LogP contribution < -0.4 is 15.4 Å². The lowest BCUT2D eigenvalue weighted by molar-refractivity contribution is -0.137. The van der Waals surface area contributed by atoms with Crippen molar-refractivity contribution in [3.8, 4) is 16.9 Å². The lowest BCUT2D eigenvalue weighted by Gasteiger charge is -2.17. The number of alkyl halides is 3. The van der Waals surface area contributed by atoms with Gasteiger partial charge in [0.1, 0.15) is 11.9 Å². The lowest BCUT2D eigenvalue weighted by atomic mass is 9.99. The zero-order chi connectivity index (χ0) is 29.2. The highest BCUT2D eigenvalue weighted by Crippen LogP contribution is 2.33. The minimum atomic E-state index is -4.44. The van der Waals surface area contributed by atoms with Gasteiger partial charge in [-0.2, -0.15) is 13.2 Å². The Kier molecular flexibility index (Phi) is 9.57. The maximum absolute atomic E-state index is 12.8. The van der Waals surface area contributed by atoms with Crippen molar-refractivity contribution >= 4 is 12.2 Å². The normalized spacial score (nSPS) is 11.8. The topological polar surface area (TPSA) is 89.5 Å².